The predicted octanol–water partition coefficient (Wildman–Crippen LogP) is 4.34. The van der Waals surface area contributed by atoms with Crippen molar-refractivity contribution in [3.8, 4) is 0 Å². The van der Waals surface area contributed by atoms with Gasteiger partial charge >= 0.3 is 0 Å². The molecule has 0 spiro atoms. The van der Waals surface area contributed by atoms with E-state index in [0.717, 1.165) is 14.5 Å². The summed E-state index contributed by atoms with van der Waals surface area (Å²) in [5.74, 6) is -0.908. The van der Waals surface area contributed by atoms with Crippen LogP contribution in [0.5, 0.6) is 0 Å². The van der Waals surface area contributed by atoms with Crippen molar-refractivity contribution < 1.29 is 9.59 Å². The van der Waals surface area contributed by atoms with Crippen molar-refractivity contribution in [3.05, 3.63) is 68.1 Å². The molecule has 0 saturated carbocycles. The number of carbonyl (C=O) groups excluding carboxylic acids is 2. The summed E-state index contributed by atoms with van der Waals surface area (Å²) in [5, 5.41) is 2.73. The molecule has 0 aliphatic rings. The standard InChI is InChI=1S/C20H22Br2N2O2/c1-20(2,3)14-6-4-12(5-7-14)8-17(18(23)25)24-19(26)13-9-15(21)11-16(22)10-13/h4-7,9-11,17H,8H2,1-3H3,(H2,23,25)(H,24,26)/t17-/m1/s1. The minimum atomic E-state index is -0.777. The summed E-state index contributed by atoms with van der Waals surface area (Å²) in [4.78, 5) is 24.3. The third-order valence-electron chi connectivity index (χ3n) is 4.03. The van der Waals surface area contributed by atoms with E-state index in [4.69, 9.17) is 5.73 Å². The Kier molecular flexibility index (Phi) is 6.64. The van der Waals surface area contributed by atoms with Crippen LogP contribution in [0, 0.1) is 0 Å². The second-order valence-electron chi connectivity index (χ2n) is 7.24. The van der Waals surface area contributed by atoms with Crippen molar-refractivity contribution in [2.24, 2.45) is 5.73 Å². The lowest BCUT2D eigenvalue weighted by Gasteiger charge is -2.20. The number of amides is 2. The van der Waals surface area contributed by atoms with Gasteiger partial charge in [0.2, 0.25) is 5.91 Å². The molecule has 4 nitrogen and oxygen atoms in total. The largest absolute Gasteiger partial charge is 0.368 e. The van der Waals surface area contributed by atoms with E-state index in [0.29, 0.717) is 12.0 Å². The summed E-state index contributed by atoms with van der Waals surface area (Å²) in [6.45, 7) is 6.43. The van der Waals surface area contributed by atoms with E-state index in [1.165, 1.54) is 5.56 Å². The third-order valence-corrected chi connectivity index (χ3v) is 4.95. The molecule has 26 heavy (non-hydrogen) atoms. The maximum Gasteiger partial charge on any atom is 0.252 e. The van der Waals surface area contributed by atoms with Crippen molar-refractivity contribution in [1.82, 2.24) is 5.32 Å². The van der Waals surface area contributed by atoms with Crippen LogP contribution in [-0.2, 0) is 16.6 Å². The zero-order valence-corrected chi connectivity index (χ0v) is 18.1. The van der Waals surface area contributed by atoms with Gasteiger partial charge in [-0.05, 0) is 34.7 Å². The topological polar surface area (TPSA) is 72.2 Å². The van der Waals surface area contributed by atoms with E-state index in [9.17, 15) is 9.59 Å². The van der Waals surface area contributed by atoms with Crippen LogP contribution < -0.4 is 11.1 Å². The molecule has 0 saturated heterocycles. The summed E-state index contributed by atoms with van der Waals surface area (Å²) in [7, 11) is 0. The van der Waals surface area contributed by atoms with Gasteiger partial charge in [-0.3, -0.25) is 9.59 Å². The first-order valence-electron chi connectivity index (χ1n) is 8.22. The first-order valence-corrected chi connectivity index (χ1v) is 9.80. The number of nitrogens with one attached hydrogen (secondary N) is 1. The van der Waals surface area contributed by atoms with Crippen molar-refractivity contribution >= 4 is 43.7 Å². The van der Waals surface area contributed by atoms with Gasteiger partial charge in [0.25, 0.3) is 5.91 Å². The lowest BCUT2D eigenvalue weighted by atomic mass is 9.86. The average molecular weight is 482 g/mol. The highest BCUT2D eigenvalue weighted by Gasteiger charge is 2.20. The number of primary amides is 1. The zero-order chi connectivity index (χ0) is 19.5. The van der Waals surface area contributed by atoms with Gasteiger partial charge in [0, 0.05) is 20.9 Å². The molecule has 0 aliphatic heterocycles. The van der Waals surface area contributed by atoms with E-state index in [1.807, 2.05) is 30.3 Å². The number of benzene rings is 2. The number of halogens is 2. The summed E-state index contributed by atoms with van der Waals surface area (Å²) in [6.07, 6.45) is 0.348. The fraction of sp³-hybridized carbons (Fsp3) is 0.300. The lowest BCUT2D eigenvalue weighted by Crippen LogP contribution is -2.45. The van der Waals surface area contributed by atoms with Crippen LogP contribution in [-0.4, -0.2) is 17.9 Å². The number of hydrogen-bond donors (Lipinski definition) is 2. The molecule has 0 bridgehead atoms. The second-order valence-corrected chi connectivity index (χ2v) is 9.07. The highest BCUT2D eigenvalue weighted by Crippen LogP contribution is 2.23. The molecule has 0 aromatic heterocycles. The summed E-state index contributed by atoms with van der Waals surface area (Å²) >= 11 is 6.70. The van der Waals surface area contributed by atoms with Gasteiger partial charge < -0.3 is 11.1 Å². The van der Waals surface area contributed by atoms with E-state index in [1.54, 1.807) is 12.1 Å². The Labute approximate surface area is 170 Å². The van der Waals surface area contributed by atoms with Gasteiger partial charge in [-0.2, -0.15) is 0 Å². The highest BCUT2D eigenvalue weighted by atomic mass is 79.9. The molecule has 0 fully saturated rings. The average Bonchev–Trinajstić information content (AvgIpc) is 2.52. The molecule has 2 rings (SSSR count). The molecule has 2 aromatic carbocycles. The van der Waals surface area contributed by atoms with Crippen molar-refractivity contribution in [1.29, 1.82) is 0 Å². The molecule has 1 atom stereocenters. The van der Waals surface area contributed by atoms with E-state index >= 15 is 0 Å². The molecule has 138 valence electrons. The fourth-order valence-electron chi connectivity index (χ4n) is 2.53. The van der Waals surface area contributed by atoms with Crippen LogP contribution in [0.2, 0.25) is 0 Å². The van der Waals surface area contributed by atoms with Crippen LogP contribution in [0.4, 0.5) is 0 Å². The first kappa shape index (κ1) is 20.6. The van der Waals surface area contributed by atoms with E-state index in [-0.39, 0.29) is 11.3 Å². The third kappa shape index (κ3) is 5.68. The summed E-state index contributed by atoms with van der Waals surface area (Å²) in [6, 6.07) is 12.5. The molecule has 3 N–H and O–H groups in total. The monoisotopic (exact) mass is 480 g/mol. The van der Waals surface area contributed by atoms with Crippen LogP contribution in [0.1, 0.15) is 42.3 Å². The minimum Gasteiger partial charge on any atom is -0.368 e. The Balaban J connectivity index is 2.14. The summed E-state index contributed by atoms with van der Waals surface area (Å²) < 4.78 is 1.54. The van der Waals surface area contributed by atoms with Crippen LogP contribution in [0.15, 0.2) is 51.4 Å². The van der Waals surface area contributed by atoms with Gasteiger partial charge in [0.1, 0.15) is 6.04 Å². The number of carbonyl (C=O) groups is 2. The molecule has 2 aromatic rings. The van der Waals surface area contributed by atoms with Gasteiger partial charge in [-0.15, -0.1) is 0 Å². The van der Waals surface area contributed by atoms with Crippen LogP contribution >= 0.6 is 31.9 Å². The van der Waals surface area contributed by atoms with Crippen LogP contribution in [0.25, 0.3) is 0 Å². The Morgan fingerprint density at radius 1 is 1.04 bits per heavy atom. The second kappa shape index (κ2) is 8.35. The van der Waals surface area contributed by atoms with E-state index in [2.05, 4.69) is 57.9 Å². The molecule has 0 aliphatic carbocycles. The quantitative estimate of drug-likeness (QED) is 0.666. The highest BCUT2D eigenvalue weighted by molar-refractivity contribution is 9.11. The lowest BCUT2D eigenvalue weighted by molar-refractivity contribution is -0.119. The van der Waals surface area contributed by atoms with Gasteiger partial charge in [-0.1, -0.05) is 76.9 Å². The normalized spacial score (nSPS) is 12.5. The molecule has 6 heteroatoms. The smallest absolute Gasteiger partial charge is 0.252 e. The zero-order valence-electron chi connectivity index (χ0n) is 15.0. The molecule has 0 heterocycles. The van der Waals surface area contributed by atoms with Crippen molar-refractivity contribution in [3.63, 3.8) is 0 Å². The Morgan fingerprint density at radius 2 is 1.58 bits per heavy atom. The van der Waals surface area contributed by atoms with Crippen LogP contribution in [0.3, 0.4) is 0 Å². The Bertz CT molecular complexity index is 791. The number of rotatable bonds is 5. The van der Waals surface area contributed by atoms with E-state index < -0.39 is 11.9 Å². The maximum atomic E-state index is 12.5. The SMILES string of the molecule is CC(C)(C)c1ccc(C[C@@H](NC(=O)c2cc(Br)cc(Br)c2)C(N)=O)cc1. The molecular formula is C20H22Br2N2O2. The molecule has 2 amide bonds. The van der Waals surface area contributed by atoms with Crippen molar-refractivity contribution in [2.75, 3.05) is 0 Å². The number of nitrogens with two attached hydrogens (primary N) is 1. The molecule has 0 unspecified atom stereocenters. The number of hydrogen-bond acceptors (Lipinski definition) is 2. The Hall–Kier alpha value is -1.66. The molecular weight excluding hydrogens is 460 g/mol. The molecule has 0 radical (unpaired) electrons. The first-order chi connectivity index (χ1) is 12.1. The van der Waals surface area contributed by atoms with Crippen molar-refractivity contribution in [2.45, 2.75) is 38.6 Å². The van der Waals surface area contributed by atoms with Gasteiger partial charge in [0.05, 0.1) is 0 Å². The Morgan fingerprint density at radius 3 is 2.04 bits per heavy atom. The van der Waals surface area contributed by atoms with Gasteiger partial charge in [-0.25, -0.2) is 0 Å². The minimum absolute atomic E-state index is 0.0594. The fourth-order valence-corrected chi connectivity index (χ4v) is 3.82. The maximum absolute atomic E-state index is 12.5. The summed E-state index contributed by atoms with van der Waals surface area (Å²) in [5.41, 5.74) is 8.15. The van der Waals surface area contributed by atoms with Gasteiger partial charge in [0.15, 0.2) is 0 Å². The predicted molar refractivity (Wildman–Crippen MR) is 111 cm³/mol.